The Kier molecular flexibility index (Phi) is 6.84. The SMILES string of the molecule is C=C(C)NCCCC[C@H](NC)C(=O)O. The number of likely N-dealkylation sites (N-methyl/N-ethyl adjacent to an activating group) is 1. The molecule has 0 unspecified atom stereocenters. The predicted octanol–water partition coefficient (Wildman–Crippen LogP) is 0.952. The number of allylic oxidation sites excluding steroid dienone is 1. The molecule has 0 fully saturated rings. The van der Waals surface area contributed by atoms with Gasteiger partial charge in [-0.05, 0) is 33.2 Å². The first-order valence-corrected chi connectivity index (χ1v) is 4.87. The summed E-state index contributed by atoms with van der Waals surface area (Å²) in [6.45, 7) is 6.49. The Morgan fingerprint density at radius 2 is 2.14 bits per heavy atom. The number of rotatable bonds is 8. The van der Waals surface area contributed by atoms with E-state index in [1.54, 1.807) is 7.05 Å². The molecule has 82 valence electrons. The Bertz CT molecular complexity index is 193. The Hall–Kier alpha value is -1.03. The van der Waals surface area contributed by atoms with Gasteiger partial charge in [-0.1, -0.05) is 6.58 Å². The lowest BCUT2D eigenvalue weighted by atomic mass is 10.1. The summed E-state index contributed by atoms with van der Waals surface area (Å²) in [5.74, 6) is -0.777. The molecular formula is C10H20N2O2. The van der Waals surface area contributed by atoms with Crippen molar-refractivity contribution >= 4 is 5.97 Å². The third kappa shape index (κ3) is 6.48. The normalized spacial score (nSPS) is 12.1. The summed E-state index contributed by atoms with van der Waals surface area (Å²) < 4.78 is 0. The number of hydrogen-bond acceptors (Lipinski definition) is 3. The zero-order chi connectivity index (χ0) is 11.0. The number of nitrogens with one attached hydrogen (secondary N) is 2. The third-order valence-corrected chi connectivity index (χ3v) is 1.99. The van der Waals surface area contributed by atoms with Gasteiger partial charge in [0.2, 0.25) is 0 Å². The van der Waals surface area contributed by atoms with Crippen molar-refractivity contribution in [2.75, 3.05) is 13.6 Å². The quantitative estimate of drug-likeness (QED) is 0.511. The smallest absolute Gasteiger partial charge is 0.320 e. The maximum atomic E-state index is 10.6. The molecule has 0 aliphatic carbocycles. The molecular weight excluding hydrogens is 180 g/mol. The lowest BCUT2D eigenvalue weighted by Crippen LogP contribution is -2.33. The van der Waals surface area contributed by atoms with Gasteiger partial charge in [-0.3, -0.25) is 4.79 Å². The van der Waals surface area contributed by atoms with Crippen LogP contribution in [-0.4, -0.2) is 30.7 Å². The van der Waals surface area contributed by atoms with Crippen LogP contribution >= 0.6 is 0 Å². The fourth-order valence-corrected chi connectivity index (χ4v) is 1.17. The molecule has 0 saturated heterocycles. The van der Waals surface area contributed by atoms with Crippen molar-refractivity contribution in [1.82, 2.24) is 10.6 Å². The first-order chi connectivity index (χ1) is 6.57. The monoisotopic (exact) mass is 200 g/mol. The van der Waals surface area contributed by atoms with Gasteiger partial charge in [0, 0.05) is 12.2 Å². The zero-order valence-electron chi connectivity index (χ0n) is 8.97. The van der Waals surface area contributed by atoms with Crippen molar-refractivity contribution in [1.29, 1.82) is 0 Å². The van der Waals surface area contributed by atoms with E-state index < -0.39 is 12.0 Å². The van der Waals surface area contributed by atoms with Crippen molar-refractivity contribution < 1.29 is 9.90 Å². The molecule has 4 nitrogen and oxygen atoms in total. The van der Waals surface area contributed by atoms with E-state index in [9.17, 15) is 4.79 Å². The van der Waals surface area contributed by atoms with E-state index >= 15 is 0 Å². The summed E-state index contributed by atoms with van der Waals surface area (Å²) >= 11 is 0. The predicted molar refractivity (Wildman–Crippen MR) is 57.2 cm³/mol. The first kappa shape index (κ1) is 13.0. The lowest BCUT2D eigenvalue weighted by Gasteiger charge is -2.10. The molecule has 0 aromatic heterocycles. The van der Waals surface area contributed by atoms with Gasteiger partial charge in [-0.2, -0.15) is 0 Å². The van der Waals surface area contributed by atoms with Gasteiger partial charge in [0.15, 0.2) is 0 Å². The molecule has 0 aliphatic heterocycles. The fraction of sp³-hybridized carbons (Fsp3) is 0.700. The molecule has 0 bridgehead atoms. The summed E-state index contributed by atoms with van der Waals surface area (Å²) in [5.41, 5.74) is 0.952. The molecule has 0 rings (SSSR count). The molecule has 14 heavy (non-hydrogen) atoms. The highest BCUT2D eigenvalue weighted by molar-refractivity contribution is 5.73. The van der Waals surface area contributed by atoms with Crippen LogP contribution in [0.5, 0.6) is 0 Å². The Morgan fingerprint density at radius 1 is 1.50 bits per heavy atom. The topological polar surface area (TPSA) is 61.4 Å². The Morgan fingerprint density at radius 3 is 2.57 bits per heavy atom. The van der Waals surface area contributed by atoms with E-state index in [1.807, 2.05) is 6.92 Å². The largest absolute Gasteiger partial charge is 0.480 e. The molecule has 1 atom stereocenters. The van der Waals surface area contributed by atoms with E-state index in [-0.39, 0.29) is 0 Å². The van der Waals surface area contributed by atoms with Crippen LogP contribution < -0.4 is 10.6 Å². The second kappa shape index (κ2) is 7.38. The highest BCUT2D eigenvalue weighted by atomic mass is 16.4. The molecule has 0 aromatic rings. The van der Waals surface area contributed by atoms with E-state index in [2.05, 4.69) is 17.2 Å². The molecule has 0 aromatic carbocycles. The second-order valence-corrected chi connectivity index (χ2v) is 3.38. The maximum Gasteiger partial charge on any atom is 0.320 e. The van der Waals surface area contributed by atoms with Gasteiger partial charge >= 0.3 is 5.97 Å². The zero-order valence-corrected chi connectivity index (χ0v) is 8.97. The van der Waals surface area contributed by atoms with Crippen LogP contribution in [0.15, 0.2) is 12.3 Å². The van der Waals surface area contributed by atoms with Crippen LogP contribution in [-0.2, 0) is 4.79 Å². The van der Waals surface area contributed by atoms with E-state index in [0.29, 0.717) is 6.42 Å². The Labute approximate surface area is 85.4 Å². The van der Waals surface area contributed by atoms with Crippen molar-refractivity contribution in [2.45, 2.75) is 32.2 Å². The average Bonchev–Trinajstić information content (AvgIpc) is 2.10. The van der Waals surface area contributed by atoms with Crippen molar-refractivity contribution in [3.05, 3.63) is 12.3 Å². The first-order valence-electron chi connectivity index (χ1n) is 4.87. The van der Waals surface area contributed by atoms with Gasteiger partial charge < -0.3 is 15.7 Å². The van der Waals surface area contributed by atoms with Crippen LogP contribution in [0, 0.1) is 0 Å². The van der Waals surface area contributed by atoms with Crippen molar-refractivity contribution in [2.24, 2.45) is 0 Å². The number of hydrogen-bond donors (Lipinski definition) is 3. The fourth-order valence-electron chi connectivity index (χ4n) is 1.17. The number of aliphatic carboxylic acids is 1. The minimum Gasteiger partial charge on any atom is -0.480 e. The van der Waals surface area contributed by atoms with E-state index in [0.717, 1.165) is 25.1 Å². The number of carboxylic acids is 1. The lowest BCUT2D eigenvalue weighted by molar-refractivity contribution is -0.139. The molecule has 4 heteroatoms. The summed E-state index contributed by atoms with van der Waals surface area (Å²) in [6, 6.07) is -0.417. The number of carboxylic acid groups (broad SMARTS) is 1. The maximum absolute atomic E-state index is 10.6. The number of carbonyl (C=O) groups is 1. The summed E-state index contributed by atoms with van der Waals surface area (Å²) in [4.78, 5) is 10.6. The van der Waals surface area contributed by atoms with E-state index in [4.69, 9.17) is 5.11 Å². The second-order valence-electron chi connectivity index (χ2n) is 3.38. The average molecular weight is 200 g/mol. The molecule has 0 saturated carbocycles. The third-order valence-electron chi connectivity index (χ3n) is 1.99. The van der Waals surface area contributed by atoms with Crippen LogP contribution in [0.3, 0.4) is 0 Å². The van der Waals surface area contributed by atoms with Gasteiger partial charge in [-0.15, -0.1) is 0 Å². The van der Waals surface area contributed by atoms with Crippen molar-refractivity contribution in [3.8, 4) is 0 Å². The number of unbranched alkanes of at least 4 members (excludes halogenated alkanes) is 1. The summed E-state index contributed by atoms with van der Waals surface area (Å²) in [5, 5.41) is 14.6. The van der Waals surface area contributed by atoms with Crippen LogP contribution in [0.4, 0.5) is 0 Å². The van der Waals surface area contributed by atoms with Gasteiger partial charge in [0.1, 0.15) is 6.04 Å². The van der Waals surface area contributed by atoms with Gasteiger partial charge in [0.25, 0.3) is 0 Å². The summed E-state index contributed by atoms with van der Waals surface area (Å²) in [6.07, 6.45) is 2.54. The van der Waals surface area contributed by atoms with Gasteiger partial charge in [0.05, 0.1) is 0 Å². The molecule has 3 N–H and O–H groups in total. The van der Waals surface area contributed by atoms with Crippen LogP contribution in [0.1, 0.15) is 26.2 Å². The summed E-state index contributed by atoms with van der Waals surface area (Å²) in [7, 11) is 1.67. The van der Waals surface area contributed by atoms with E-state index in [1.165, 1.54) is 0 Å². The molecule has 0 amide bonds. The molecule has 0 aliphatic rings. The highest BCUT2D eigenvalue weighted by Crippen LogP contribution is 2.00. The van der Waals surface area contributed by atoms with Crippen LogP contribution in [0.2, 0.25) is 0 Å². The Balaban J connectivity index is 3.42. The molecule has 0 spiro atoms. The minimum atomic E-state index is -0.777. The molecule has 0 heterocycles. The van der Waals surface area contributed by atoms with Crippen LogP contribution in [0.25, 0.3) is 0 Å². The minimum absolute atomic E-state index is 0.417. The highest BCUT2D eigenvalue weighted by Gasteiger charge is 2.13. The standard InChI is InChI=1S/C10H20N2O2/c1-8(2)12-7-5-4-6-9(11-3)10(13)14/h9,11-12H,1,4-7H2,2-3H3,(H,13,14)/t9-/m0/s1. The van der Waals surface area contributed by atoms with Crippen molar-refractivity contribution in [3.63, 3.8) is 0 Å². The molecule has 0 radical (unpaired) electrons. The van der Waals surface area contributed by atoms with Gasteiger partial charge in [-0.25, -0.2) is 0 Å².